The molecule has 0 heterocycles. The zero-order chi connectivity index (χ0) is 17.8. The standard InChI is InChI=1S/C24H32I/c1-6-12-24(25-5)22-11-9-8-10-18(22)21-13-20-17(7-2)15(3)16(4)19(20)14-23(21)24/h8-11,13-17,19-20H,6-7,12H2,1-5H3/q-1. The molecule has 0 N–H and O–H groups in total. The van der Waals surface area contributed by atoms with Gasteiger partial charge in [0, 0.05) is 0 Å². The van der Waals surface area contributed by atoms with Gasteiger partial charge in [-0.3, -0.25) is 0 Å². The van der Waals surface area contributed by atoms with Gasteiger partial charge in [0.05, 0.1) is 0 Å². The Morgan fingerprint density at radius 3 is 2.44 bits per heavy atom. The number of hydrogen-bond acceptors (Lipinski definition) is 0. The number of rotatable bonds is 4. The topological polar surface area (TPSA) is 0 Å². The molecule has 1 aromatic carbocycles. The summed E-state index contributed by atoms with van der Waals surface area (Å²) in [4.78, 5) is 2.51. The summed E-state index contributed by atoms with van der Waals surface area (Å²) in [5, 5.41) is 0. The summed E-state index contributed by atoms with van der Waals surface area (Å²) in [5.74, 6) is 4.04. The average Bonchev–Trinajstić information content (AvgIpc) is 3.04. The van der Waals surface area contributed by atoms with E-state index in [2.05, 4.69) is 69.0 Å². The first-order chi connectivity index (χ1) is 12.1. The molecule has 4 rings (SSSR count). The molecule has 25 heavy (non-hydrogen) atoms. The SMILES string of the molecule is CCCC1([I-]C)C2=CC3C(C)C(C)C(CC)C3C=C2c2ccccc21. The van der Waals surface area contributed by atoms with Crippen LogP contribution in [0.2, 0.25) is 0 Å². The number of hydrogen-bond donors (Lipinski definition) is 0. The van der Waals surface area contributed by atoms with Crippen molar-refractivity contribution < 1.29 is 21.2 Å². The van der Waals surface area contributed by atoms with Crippen LogP contribution in [-0.2, 0) is 3.42 Å². The molecule has 6 unspecified atom stereocenters. The van der Waals surface area contributed by atoms with E-state index in [1.54, 1.807) is 22.3 Å². The van der Waals surface area contributed by atoms with Gasteiger partial charge < -0.3 is 0 Å². The first-order valence-electron chi connectivity index (χ1n) is 10.1. The van der Waals surface area contributed by atoms with Gasteiger partial charge in [-0.15, -0.1) is 0 Å². The number of halogens is 1. The van der Waals surface area contributed by atoms with Gasteiger partial charge >= 0.3 is 165 Å². The first kappa shape index (κ1) is 17.8. The van der Waals surface area contributed by atoms with Crippen LogP contribution in [0.1, 0.15) is 58.1 Å². The van der Waals surface area contributed by atoms with Crippen molar-refractivity contribution in [3.05, 3.63) is 53.1 Å². The third-order valence-corrected chi connectivity index (χ3v) is 11.1. The van der Waals surface area contributed by atoms with Crippen molar-refractivity contribution in [2.24, 2.45) is 29.6 Å². The molecular weight excluding hydrogens is 415 g/mol. The fraction of sp³-hybridized carbons (Fsp3) is 0.583. The van der Waals surface area contributed by atoms with E-state index in [1.807, 2.05) is 0 Å². The summed E-state index contributed by atoms with van der Waals surface area (Å²) in [5.41, 5.74) is 6.55. The van der Waals surface area contributed by atoms with Crippen molar-refractivity contribution in [1.82, 2.24) is 0 Å². The van der Waals surface area contributed by atoms with Crippen molar-refractivity contribution in [2.75, 3.05) is 4.93 Å². The van der Waals surface area contributed by atoms with Crippen LogP contribution in [-0.4, -0.2) is 4.93 Å². The van der Waals surface area contributed by atoms with Crippen molar-refractivity contribution in [3.63, 3.8) is 0 Å². The maximum absolute atomic E-state index is 2.77. The van der Waals surface area contributed by atoms with Crippen LogP contribution < -0.4 is 21.2 Å². The monoisotopic (exact) mass is 447 g/mol. The molecule has 0 aliphatic heterocycles. The van der Waals surface area contributed by atoms with Gasteiger partial charge in [-0.25, -0.2) is 0 Å². The van der Waals surface area contributed by atoms with Crippen LogP contribution in [0.25, 0.3) is 5.57 Å². The Morgan fingerprint density at radius 2 is 1.76 bits per heavy atom. The van der Waals surface area contributed by atoms with Gasteiger partial charge in [-0.05, 0) is 0 Å². The van der Waals surface area contributed by atoms with Crippen LogP contribution in [0.3, 0.4) is 0 Å². The second kappa shape index (κ2) is 6.55. The summed E-state index contributed by atoms with van der Waals surface area (Å²) >= 11 is 0.107. The zero-order valence-electron chi connectivity index (χ0n) is 16.4. The van der Waals surface area contributed by atoms with Crippen molar-refractivity contribution in [3.8, 4) is 0 Å². The zero-order valence-corrected chi connectivity index (χ0v) is 18.5. The molecule has 6 atom stereocenters. The predicted octanol–water partition coefficient (Wildman–Crippen LogP) is 3.28. The van der Waals surface area contributed by atoms with Gasteiger partial charge in [-0.1, -0.05) is 0 Å². The maximum atomic E-state index is 2.77. The summed E-state index contributed by atoms with van der Waals surface area (Å²) in [6.07, 6.45) is 9.43. The van der Waals surface area contributed by atoms with Crippen LogP contribution in [0, 0.1) is 29.6 Å². The molecule has 0 amide bonds. The van der Waals surface area contributed by atoms with E-state index in [0.29, 0.717) is 3.42 Å². The molecule has 0 saturated heterocycles. The number of allylic oxidation sites excluding steroid dienone is 4. The van der Waals surface area contributed by atoms with Crippen molar-refractivity contribution >= 4 is 5.57 Å². The Kier molecular flexibility index (Phi) is 4.67. The molecule has 1 heteroatoms. The van der Waals surface area contributed by atoms with E-state index < -0.39 is 0 Å². The average molecular weight is 447 g/mol. The number of benzene rings is 1. The van der Waals surface area contributed by atoms with E-state index in [9.17, 15) is 0 Å². The quantitative estimate of drug-likeness (QED) is 0.491. The first-order valence-corrected chi connectivity index (χ1v) is 13.4. The minimum atomic E-state index is 0.107. The van der Waals surface area contributed by atoms with E-state index in [1.165, 1.54) is 19.3 Å². The molecule has 0 aromatic heterocycles. The second-order valence-corrected chi connectivity index (χ2v) is 11.3. The molecule has 0 spiro atoms. The van der Waals surface area contributed by atoms with Crippen LogP contribution in [0.4, 0.5) is 0 Å². The van der Waals surface area contributed by atoms with Gasteiger partial charge in [0.15, 0.2) is 0 Å². The van der Waals surface area contributed by atoms with E-state index >= 15 is 0 Å². The molecule has 136 valence electrons. The van der Waals surface area contributed by atoms with Gasteiger partial charge in [-0.2, -0.15) is 0 Å². The predicted molar refractivity (Wildman–Crippen MR) is 104 cm³/mol. The molecule has 0 radical (unpaired) electrons. The Bertz CT molecular complexity index is 727. The molecule has 0 bridgehead atoms. The van der Waals surface area contributed by atoms with E-state index in [-0.39, 0.29) is 21.2 Å². The van der Waals surface area contributed by atoms with Gasteiger partial charge in [0.25, 0.3) is 0 Å². The normalized spacial score (nSPS) is 38.8. The van der Waals surface area contributed by atoms with E-state index in [4.69, 9.17) is 0 Å². The fourth-order valence-electron chi connectivity index (χ4n) is 6.13. The Balaban J connectivity index is 1.91. The number of fused-ring (bicyclic) bond motifs is 4. The third-order valence-electron chi connectivity index (χ3n) is 7.52. The molecule has 0 nitrogen and oxygen atoms in total. The molecule has 1 saturated carbocycles. The third kappa shape index (κ3) is 2.37. The van der Waals surface area contributed by atoms with Gasteiger partial charge in [0.2, 0.25) is 0 Å². The van der Waals surface area contributed by atoms with Crippen LogP contribution >= 0.6 is 0 Å². The summed E-state index contributed by atoms with van der Waals surface area (Å²) in [7, 11) is 0. The van der Waals surface area contributed by atoms with Crippen molar-refractivity contribution in [2.45, 2.75) is 50.4 Å². The Hall–Kier alpha value is -0.570. The van der Waals surface area contributed by atoms with Crippen LogP contribution in [0.15, 0.2) is 42.0 Å². The van der Waals surface area contributed by atoms with E-state index in [0.717, 1.165) is 29.6 Å². The van der Waals surface area contributed by atoms with Gasteiger partial charge in [0.1, 0.15) is 0 Å². The molecule has 1 fully saturated rings. The second-order valence-electron chi connectivity index (χ2n) is 8.39. The molecular formula is C24H32I-. The number of alkyl halides is 2. The summed E-state index contributed by atoms with van der Waals surface area (Å²) < 4.78 is 0.369. The fourth-order valence-corrected chi connectivity index (χ4v) is 9.32. The molecule has 3 aliphatic carbocycles. The van der Waals surface area contributed by atoms with Crippen molar-refractivity contribution in [1.29, 1.82) is 0 Å². The Morgan fingerprint density at radius 1 is 1.00 bits per heavy atom. The molecule has 1 aromatic rings. The minimum absolute atomic E-state index is 0.107. The Labute approximate surface area is 164 Å². The summed E-state index contributed by atoms with van der Waals surface area (Å²) in [6.45, 7) is 9.78. The van der Waals surface area contributed by atoms with Crippen LogP contribution in [0.5, 0.6) is 0 Å². The molecule has 3 aliphatic rings. The summed E-state index contributed by atoms with van der Waals surface area (Å²) in [6, 6.07) is 9.35.